The number of nitrogens with zero attached hydrogens (tertiary/aromatic N) is 2. The van der Waals surface area contributed by atoms with E-state index >= 15 is 0 Å². The fraction of sp³-hybridized carbons (Fsp3) is 0.462. The Morgan fingerprint density at radius 1 is 1.03 bits per heavy atom. The summed E-state index contributed by atoms with van der Waals surface area (Å²) in [6.45, 7) is 9.61. The fourth-order valence-corrected chi connectivity index (χ4v) is 4.91. The van der Waals surface area contributed by atoms with Gasteiger partial charge in [-0.3, -0.25) is 13.9 Å². The van der Waals surface area contributed by atoms with Crippen molar-refractivity contribution >= 4 is 39.1 Å². The van der Waals surface area contributed by atoms with Crippen LogP contribution in [0.4, 0.5) is 5.69 Å². The maximum atomic E-state index is 13.3. The Kier molecular flexibility index (Phi) is 10.2. The molecule has 1 atom stereocenters. The van der Waals surface area contributed by atoms with Crippen LogP contribution in [-0.4, -0.2) is 50.0 Å². The zero-order valence-corrected chi connectivity index (χ0v) is 22.9. The van der Waals surface area contributed by atoms with Crippen LogP contribution in [0.5, 0.6) is 0 Å². The number of amides is 2. The van der Waals surface area contributed by atoms with Crippen molar-refractivity contribution in [2.75, 3.05) is 17.1 Å². The number of carbonyl (C=O) groups excluding carboxylic acids is 2. The van der Waals surface area contributed by atoms with Gasteiger partial charge in [-0.2, -0.15) is 0 Å². The minimum atomic E-state index is -3.59. The van der Waals surface area contributed by atoms with E-state index < -0.39 is 16.1 Å². The zero-order chi connectivity index (χ0) is 26.3. The summed E-state index contributed by atoms with van der Waals surface area (Å²) in [5.74, 6) is -0.443. The SMILES string of the molecule is Cc1ccc(CN(C(=O)CCCN(c2cccc(Cl)c2C)S(C)(=O)=O)[C@@H](C)C(=O)NC(C)C)cc1. The van der Waals surface area contributed by atoms with Crippen LogP contribution in [-0.2, 0) is 26.2 Å². The Morgan fingerprint density at radius 2 is 1.66 bits per heavy atom. The highest BCUT2D eigenvalue weighted by Gasteiger charge is 2.27. The monoisotopic (exact) mass is 521 g/mol. The Bertz CT molecular complexity index is 1130. The van der Waals surface area contributed by atoms with E-state index in [9.17, 15) is 18.0 Å². The predicted molar refractivity (Wildman–Crippen MR) is 142 cm³/mol. The number of rotatable bonds is 11. The number of hydrogen-bond acceptors (Lipinski definition) is 4. The van der Waals surface area contributed by atoms with E-state index in [1.54, 1.807) is 36.9 Å². The maximum absolute atomic E-state index is 13.3. The summed E-state index contributed by atoms with van der Waals surface area (Å²) >= 11 is 6.20. The lowest BCUT2D eigenvalue weighted by molar-refractivity contribution is -0.140. The molecule has 192 valence electrons. The van der Waals surface area contributed by atoms with Gasteiger partial charge in [0.05, 0.1) is 11.9 Å². The topological polar surface area (TPSA) is 86.8 Å². The second-order valence-corrected chi connectivity index (χ2v) is 11.5. The minimum Gasteiger partial charge on any atom is -0.352 e. The van der Waals surface area contributed by atoms with Crippen molar-refractivity contribution < 1.29 is 18.0 Å². The second-order valence-electron chi connectivity index (χ2n) is 9.17. The first-order chi connectivity index (χ1) is 16.3. The molecular weight excluding hydrogens is 486 g/mol. The lowest BCUT2D eigenvalue weighted by Gasteiger charge is -2.30. The summed E-state index contributed by atoms with van der Waals surface area (Å²) < 4.78 is 26.3. The van der Waals surface area contributed by atoms with Crippen molar-refractivity contribution in [2.45, 2.75) is 66.1 Å². The summed E-state index contributed by atoms with van der Waals surface area (Å²) in [7, 11) is -3.59. The molecule has 0 saturated carbocycles. The molecule has 1 N–H and O–H groups in total. The number of anilines is 1. The third kappa shape index (κ3) is 8.25. The summed E-state index contributed by atoms with van der Waals surface area (Å²) in [4.78, 5) is 27.6. The first-order valence-corrected chi connectivity index (χ1v) is 13.9. The Balaban J connectivity index is 2.20. The molecule has 0 bridgehead atoms. The van der Waals surface area contributed by atoms with Gasteiger partial charge in [-0.15, -0.1) is 0 Å². The van der Waals surface area contributed by atoms with Gasteiger partial charge in [0.2, 0.25) is 21.8 Å². The minimum absolute atomic E-state index is 0.0504. The van der Waals surface area contributed by atoms with Gasteiger partial charge < -0.3 is 10.2 Å². The van der Waals surface area contributed by atoms with Gasteiger partial charge in [0.25, 0.3) is 0 Å². The van der Waals surface area contributed by atoms with Gasteiger partial charge in [0.15, 0.2) is 0 Å². The van der Waals surface area contributed by atoms with Crippen molar-refractivity contribution in [3.8, 4) is 0 Å². The number of halogens is 1. The highest BCUT2D eigenvalue weighted by Crippen LogP contribution is 2.28. The number of carbonyl (C=O) groups is 2. The predicted octanol–water partition coefficient (Wildman–Crippen LogP) is 4.44. The Morgan fingerprint density at radius 3 is 2.23 bits per heavy atom. The van der Waals surface area contributed by atoms with Crippen LogP contribution < -0.4 is 9.62 Å². The largest absolute Gasteiger partial charge is 0.352 e. The molecule has 2 amide bonds. The number of nitrogens with one attached hydrogen (secondary N) is 1. The molecule has 35 heavy (non-hydrogen) atoms. The van der Waals surface area contributed by atoms with Crippen molar-refractivity contribution in [3.63, 3.8) is 0 Å². The summed E-state index contributed by atoms with van der Waals surface area (Å²) in [6, 6.07) is 12.2. The molecule has 0 heterocycles. The van der Waals surface area contributed by atoms with E-state index in [4.69, 9.17) is 11.6 Å². The van der Waals surface area contributed by atoms with E-state index in [0.717, 1.165) is 17.4 Å². The van der Waals surface area contributed by atoms with Crippen molar-refractivity contribution in [2.24, 2.45) is 0 Å². The lowest BCUT2D eigenvalue weighted by Crippen LogP contribution is -2.49. The molecule has 9 heteroatoms. The van der Waals surface area contributed by atoms with Crippen LogP contribution in [0.2, 0.25) is 5.02 Å². The average molecular weight is 522 g/mol. The molecule has 0 aromatic heterocycles. The van der Waals surface area contributed by atoms with Crippen molar-refractivity contribution in [1.82, 2.24) is 10.2 Å². The molecule has 0 saturated heterocycles. The van der Waals surface area contributed by atoms with E-state index in [1.165, 1.54) is 4.31 Å². The van der Waals surface area contributed by atoms with Crippen LogP contribution in [0, 0.1) is 13.8 Å². The van der Waals surface area contributed by atoms with Gasteiger partial charge in [0.1, 0.15) is 6.04 Å². The van der Waals surface area contributed by atoms with Crippen LogP contribution in [0.15, 0.2) is 42.5 Å². The highest BCUT2D eigenvalue weighted by molar-refractivity contribution is 7.92. The normalized spacial score (nSPS) is 12.3. The molecule has 0 aliphatic carbocycles. The highest BCUT2D eigenvalue weighted by atomic mass is 35.5. The van der Waals surface area contributed by atoms with Crippen molar-refractivity contribution in [1.29, 1.82) is 0 Å². The average Bonchev–Trinajstić information content (AvgIpc) is 2.76. The van der Waals surface area contributed by atoms with Crippen LogP contribution >= 0.6 is 11.6 Å². The fourth-order valence-electron chi connectivity index (χ4n) is 3.73. The van der Waals surface area contributed by atoms with Gasteiger partial charge >= 0.3 is 0 Å². The number of benzene rings is 2. The first-order valence-electron chi connectivity index (χ1n) is 11.7. The van der Waals surface area contributed by atoms with E-state index in [0.29, 0.717) is 22.7 Å². The van der Waals surface area contributed by atoms with E-state index in [1.807, 2.05) is 45.0 Å². The molecule has 2 aromatic carbocycles. The quantitative estimate of drug-likeness (QED) is 0.473. The summed E-state index contributed by atoms with van der Waals surface area (Å²) in [5.41, 5.74) is 3.18. The van der Waals surface area contributed by atoms with E-state index in [2.05, 4.69) is 5.32 Å². The van der Waals surface area contributed by atoms with Crippen molar-refractivity contribution in [3.05, 3.63) is 64.2 Å². The van der Waals surface area contributed by atoms with Crippen LogP contribution in [0.1, 0.15) is 50.3 Å². The number of sulfonamides is 1. The molecule has 0 aliphatic rings. The van der Waals surface area contributed by atoms with E-state index in [-0.39, 0.29) is 37.4 Å². The third-order valence-electron chi connectivity index (χ3n) is 5.73. The second kappa shape index (κ2) is 12.4. The molecule has 0 radical (unpaired) electrons. The van der Waals surface area contributed by atoms with Crippen LogP contribution in [0.25, 0.3) is 0 Å². The molecule has 7 nitrogen and oxygen atoms in total. The standard InChI is InChI=1S/C26H36ClN3O4S/c1-18(2)28-26(32)21(5)29(17-22-14-12-19(3)13-15-22)25(31)11-8-16-30(35(6,33)34)24-10-7-9-23(27)20(24)4/h7,9-10,12-15,18,21H,8,11,16-17H2,1-6H3,(H,28,32)/t21-/m0/s1. The smallest absolute Gasteiger partial charge is 0.242 e. The molecule has 2 rings (SSSR count). The Hall–Kier alpha value is -2.58. The van der Waals surface area contributed by atoms with Gasteiger partial charge in [-0.1, -0.05) is 47.5 Å². The third-order valence-corrected chi connectivity index (χ3v) is 7.32. The molecule has 0 spiro atoms. The molecular formula is C26H36ClN3O4S. The molecule has 0 unspecified atom stereocenters. The Labute approximate surface area is 214 Å². The molecule has 0 aliphatic heterocycles. The molecule has 0 fully saturated rings. The van der Waals surface area contributed by atoms with Crippen LogP contribution in [0.3, 0.4) is 0 Å². The van der Waals surface area contributed by atoms with Gasteiger partial charge in [0, 0.05) is 30.6 Å². The first kappa shape index (κ1) is 28.7. The maximum Gasteiger partial charge on any atom is 0.242 e. The number of hydrogen-bond donors (Lipinski definition) is 1. The molecule has 2 aromatic rings. The van der Waals surface area contributed by atoms with Gasteiger partial charge in [-0.05, 0) is 64.3 Å². The van der Waals surface area contributed by atoms with Gasteiger partial charge in [-0.25, -0.2) is 8.42 Å². The zero-order valence-electron chi connectivity index (χ0n) is 21.3. The summed E-state index contributed by atoms with van der Waals surface area (Å²) in [6.07, 6.45) is 1.52. The number of aryl methyl sites for hydroxylation is 1. The lowest BCUT2D eigenvalue weighted by atomic mass is 10.1. The summed E-state index contributed by atoms with van der Waals surface area (Å²) in [5, 5.41) is 3.34.